The summed E-state index contributed by atoms with van der Waals surface area (Å²) >= 11 is 0. The van der Waals surface area contributed by atoms with Gasteiger partial charge in [0.1, 0.15) is 5.78 Å². The molecule has 0 saturated carbocycles. The number of carbonyl (C=O) groups excluding carboxylic acids is 2. The minimum absolute atomic E-state index is 0.0407. The van der Waals surface area contributed by atoms with Crippen molar-refractivity contribution in [2.24, 2.45) is 0 Å². The van der Waals surface area contributed by atoms with E-state index in [0.717, 1.165) is 19.4 Å². The molecule has 1 unspecified atom stereocenters. The molecule has 1 atom stereocenters. The van der Waals surface area contributed by atoms with E-state index in [1.165, 1.54) is 103 Å². The van der Waals surface area contributed by atoms with Gasteiger partial charge in [-0.2, -0.15) is 0 Å². The average Bonchev–Trinajstić information content (AvgIpc) is 2.83. The van der Waals surface area contributed by atoms with Crippen molar-refractivity contribution in [3.05, 3.63) is 0 Å². The summed E-state index contributed by atoms with van der Waals surface area (Å²) < 4.78 is 11.6. The van der Waals surface area contributed by atoms with Gasteiger partial charge in [0.2, 0.25) is 5.91 Å². The molecule has 0 aromatic rings. The zero-order valence-electron chi connectivity index (χ0n) is 23.0. The van der Waals surface area contributed by atoms with Gasteiger partial charge in [0.25, 0.3) is 0 Å². The second-order valence-electron chi connectivity index (χ2n) is 9.83. The predicted molar refractivity (Wildman–Crippen MR) is 143 cm³/mol. The Hall–Kier alpha value is -0.940. The summed E-state index contributed by atoms with van der Waals surface area (Å²) in [6.45, 7) is 8.26. The zero-order valence-corrected chi connectivity index (χ0v) is 23.0. The summed E-state index contributed by atoms with van der Waals surface area (Å²) in [6, 6.07) is 0. The van der Waals surface area contributed by atoms with Crippen LogP contribution in [0.2, 0.25) is 0 Å². The highest BCUT2D eigenvalue weighted by Gasteiger charge is 2.08. The number of unbranched alkanes of at least 4 members (excludes halogenated alkanes) is 15. The molecule has 0 heterocycles. The van der Waals surface area contributed by atoms with Crippen molar-refractivity contribution in [3.8, 4) is 0 Å². The third-order valence-electron chi connectivity index (χ3n) is 6.38. The van der Waals surface area contributed by atoms with Gasteiger partial charge in [-0.25, -0.2) is 0 Å². The van der Waals surface area contributed by atoms with Gasteiger partial charge >= 0.3 is 0 Å². The van der Waals surface area contributed by atoms with E-state index in [1.807, 2.05) is 0 Å². The molecule has 0 spiro atoms. The van der Waals surface area contributed by atoms with E-state index in [1.54, 1.807) is 0 Å². The molecule has 0 rings (SSSR count). The molecule has 202 valence electrons. The Morgan fingerprint density at radius 1 is 0.676 bits per heavy atom. The van der Waals surface area contributed by atoms with Crippen molar-refractivity contribution in [2.75, 3.05) is 26.4 Å². The Bertz CT molecular complexity index is 455. The van der Waals surface area contributed by atoms with Crippen molar-refractivity contribution in [2.45, 2.75) is 149 Å². The molecule has 0 aliphatic carbocycles. The molecule has 1 amide bonds. The van der Waals surface area contributed by atoms with Crippen LogP contribution in [0.4, 0.5) is 0 Å². The smallest absolute Gasteiger partial charge is 0.220 e. The number of hydrogen-bond acceptors (Lipinski definition) is 4. The van der Waals surface area contributed by atoms with E-state index in [-0.39, 0.29) is 24.2 Å². The van der Waals surface area contributed by atoms with Crippen LogP contribution in [0.5, 0.6) is 0 Å². The lowest BCUT2D eigenvalue weighted by molar-refractivity contribution is -0.124. The first-order valence-electron chi connectivity index (χ1n) is 14.6. The Morgan fingerprint density at radius 3 is 1.65 bits per heavy atom. The Labute approximate surface area is 211 Å². The lowest BCUT2D eigenvalue weighted by Gasteiger charge is -2.16. The molecular formula is C29H57NO4. The highest BCUT2D eigenvalue weighted by atomic mass is 16.5. The van der Waals surface area contributed by atoms with Crippen LogP contribution >= 0.6 is 0 Å². The van der Waals surface area contributed by atoms with Crippen LogP contribution in [0.25, 0.3) is 0 Å². The second kappa shape index (κ2) is 26.7. The van der Waals surface area contributed by atoms with Crippen LogP contribution in [0.3, 0.4) is 0 Å². The van der Waals surface area contributed by atoms with Crippen molar-refractivity contribution >= 4 is 11.7 Å². The number of carbonyl (C=O) groups is 2. The monoisotopic (exact) mass is 483 g/mol. The molecule has 0 radical (unpaired) electrons. The van der Waals surface area contributed by atoms with Gasteiger partial charge in [-0.1, -0.05) is 110 Å². The molecule has 0 fully saturated rings. The van der Waals surface area contributed by atoms with Crippen LogP contribution in [-0.2, 0) is 19.1 Å². The predicted octanol–water partition coefficient (Wildman–Crippen LogP) is 7.55. The third kappa shape index (κ3) is 25.7. The molecule has 5 nitrogen and oxygen atoms in total. The van der Waals surface area contributed by atoms with Gasteiger partial charge in [-0.15, -0.1) is 0 Å². The largest absolute Gasteiger partial charge is 0.379 e. The van der Waals surface area contributed by atoms with Crippen LogP contribution in [0.1, 0.15) is 143 Å². The first-order valence-corrected chi connectivity index (χ1v) is 14.6. The number of rotatable bonds is 27. The maximum atomic E-state index is 11.6. The van der Waals surface area contributed by atoms with E-state index in [2.05, 4.69) is 19.2 Å². The van der Waals surface area contributed by atoms with E-state index in [4.69, 9.17) is 9.47 Å². The maximum absolute atomic E-state index is 11.6. The van der Waals surface area contributed by atoms with Gasteiger partial charge in [0.15, 0.2) is 0 Å². The zero-order chi connectivity index (χ0) is 25.1. The Kier molecular flexibility index (Phi) is 25.9. The summed E-state index contributed by atoms with van der Waals surface area (Å²) in [6.07, 6.45) is 23.6. The van der Waals surface area contributed by atoms with Crippen LogP contribution in [0, 0.1) is 0 Å². The quantitative estimate of drug-likeness (QED) is 0.123. The summed E-state index contributed by atoms with van der Waals surface area (Å²) in [5.41, 5.74) is 0. The topological polar surface area (TPSA) is 64.6 Å². The lowest BCUT2D eigenvalue weighted by atomic mass is 10.0. The highest BCUT2D eigenvalue weighted by molar-refractivity contribution is 5.83. The Balaban J connectivity index is 3.32. The molecule has 0 aliphatic heterocycles. The molecule has 34 heavy (non-hydrogen) atoms. The van der Waals surface area contributed by atoms with E-state index in [0.29, 0.717) is 26.2 Å². The molecular weight excluding hydrogens is 426 g/mol. The summed E-state index contributed by atoms with van der Waals surface area (Å²) in [7, 11) is 0. The second-order valence-corrected chi connectivity index (χ2v) is 9.83. The number of ketones is 1. The molecule has 1 N–H and O–H groups in total. The van der Waals surface area contributed by atoms with Crippen molar-refractivity contribution < 1.29 is 19.1 Å². The fourth-order valence-electron chi connectivity index (χ4n) is 4.04. The first-order chi connectivity index (χ1) is 16.6. The van der Waals surface area contributed by atoms with Gasteiger partial charge in [0, 0.05) is 26.0 Å². The fourth-order valence-corrected chi connectivity index (χ4v) is 4.04. The van der Waals surface area contributed by atoms with Crippen molar-refractivity contribution in [1.29, 1.82) is 0 Å². The SMILES string of the molecule is CCCCCCCCCCCCCCCCCCOCC(CC)OCCNC(=O)CCC(C)=O. The first kappa shape index (κ1) is 33.1. The molecule has 0 aliphatic rings. The molecule has 0 aromatic carbocycles. The van der Waals surface area contributed by atoms with E-state index in [9.17, 15) is 9.59 Å². The highest BCUT2D eigenvalue weighted by Crippen LogP contribution is 2.13. The summed E-state index contributed by atoms with van der Waals surface area (Å²) in [4.78, 5) is 22.5. The molecule has 0 bridgehead atoms. The van der Waals surface area contributed by atoms with Crippen LogP contribution < -0.4 is 5.32 Å². The standard InChI is InChI=1S/C29H57NO4/c1-4-6-7-8-9-10-11-12-13-14-15-16-17-18-19-20-24-33-26-28(5-2)34-25-23-30-29(32)22-21-27(3)31/h28H,4-26H2,1-3H3,(H,30,32). The number of nitrogens with one attached hydrogen (secondary N) is 1. The van der Waals surface area contributed by atoms with Gasteiger partial charge in [-0.05, 0) is 19.8 Å². The van der Waals surface area contributed by atoms with Gasteiger partial charge < -0.3 is 19.6 Å². The van der Waals surface area contributed by atoms with E-state index >= 15 is 0 Å². The van der Waals surface area contributed by atoms with Crippen LogP contribution in [0.15, 0.2) is 0 Å². The van der Waals surface area contributed by atoms with Crippen LogP contribution in [-0.4, -0.2) is 44.2 Å². The normalized spacial score (nSPS) is 12.1. The number of amides is 1. The van der Waals surface area contributed by atoms with Gasteiger partial charge in [-0.3, -0.25) is 4.79 Å². The number of hydrogen-bond donors (Lipinski definition) is 1. The molecule has 5 heteroatoms. The number of Topliss-reactive ketones (excluding diaryl/α,β-unsaturated/α-hetero) is 1. The number of ether oxygens (including phenoxy) is 2. The molecule has 0 saturated heterocycles. The lowest BCUT2D eigenvalue weighted by Crippen LogP contribution is -2.30. The van der Waals surface area contributed by atoms with Crippen molar-refractivity contribution in [3.63, 3.8) is 0 Å². The minimum atomic E-state index is -0.0911. The summed E-state index contributed by atoms with van der Waals surface area (Å²) in [5.74, 6) is -0.0504. The average molecular weight is 484 g/mol. The van der Waals surface area contributed by atoms with Gasteiger partial charge in [0.05, 0.1) is 19.3 Å². The summed E-state index contributed by atoms with van der Waals surface area (Å²) in [5, 5.41) is 2.79. The minimum Gasteiger partial charge on any atom is -0.379 e. The maximum Gasteiger partial charge on any atom is 0.220 e. The Morgan fingerprint density at radius 2 is 1.18 bits per heavy atom. The van der Waals surface area contributed by atoms with Crippen molar-refractivity contribution in [1.82, 2.24) is 5.32 Å². The third-order valence-corrected chi connectivity index (χ3v) is 6.38. The molecule has 0 aromatic heterocycles. The van der Waals surface area contributed by atoms with E-state index < -0.39 is 0 Å². The fraction of sp³-hybridized carbons (Fsp3) is 0.931.